The van der Waals surface area contributed by atoms with Crippen LogP contribution in [0, 0.1) is 0 Å². The summed E-state index contributed by atoms with van der Waals surface area (Å²) in [4.78, 5) is 77.3. The van der Waals surface area contributed by atoms with E-state index in [4.69, 9.17) is 9.47 Å². The molecule has 3 aliphatic heterocycles. The number of rotatable bonds is 26. The quantitative estimate of drug-likeness (QED) is 0.0328. The van der Waals surface area contributed by atoms with E-state index in [0.717, 1.165) is 12.1 Å². The Bertz CT molecular complexity index is 2410. The lowest BCUT2D eigenvalue weighted by atomic mass is 9.88. The van der Waals surface area contributed by atoms with E-state index >= 15 is 0 Å². The van der Waals surface area contributed by atoms with Crippen LogP contribution >= 0.6 is 0 Å². The molecule has 0 spiro atoms. The van der Waals surface area contributed by atoms with Gasteiger partial charge in [0.25, 0.3) is 17.7 Å². The zero-order valence-corrected chi connectivity index (χ0v) is 39.4. The predicted octanol–water partition coefficient (Wildman–Crippen LogP) is -0.0694. The highest BCUT2D eigenvalue weighted by Crippen LogP contribution is 2.64. The highest BCUT2D eigenvalue weighted by molar-refractivity contribution is 6.23. The molecule has 12 N–H and O–H groups in total. The molecule has 6 amide bonds. The Kier molecular flexibility index (Phi) is 20.1. The molecule has 0 bridgehead atoms. The smallest absolute Gasteiger partial charge is 0.394 e. The SMILES string of the molecule is O=C1CCC(N2C(=O)c3ccc(NCCCCC(NC(=O)[C@H](O)[C@H](O)[C@H](O[C@@H]4O[C@H](CO)[C@H](O)[C@H](O)[C@H]4O)[C@H](O)CO)C(=O)NCCC(F)(F)C(F)(F)C(F)(F)C(F)(F)C(F)(F)C(F)(F)C(F)(F)C(F)(F)F)cc3C2=O)C(=O)N1. The standard InChI is InChI=1S/C41H46F17N5O16/c42-34(43,35(44,45)36(46,47)37(48,49)38(50,51)39(52,53)40(54,55)41(56,57)58)8-10-60-28(73)17(61-30(75)25(71)24(70)27(19(66)12-64)79-33-26(72)23(69)22(68)20(13-65)78-33)3-1-2-9-59-14-4-5-15-16(11-14)32(77)63(31(15)76)18-6-7-21(67)62-29(18)74/h4-5,11,17-20,22-27,33,59,64-66,68-72H,1-3,6-10,12-13H2,(H,60,73)(H,61,75)(H,62,67,74)/t17?,18?,19-,20-,22+,23+,24+,25-,26-,27-,33+/m1/s1. The van der Waals surface area contributed by atoms with Crippen molar-refractivity contribution in [2.75, 3.05) is 31.6 Å². The first-order valence-corrected chi connectivity index (χ1v) is 22.5. The van der Waals surface area contributed by atoms with Gasteiger partial charge in [0.15, 0.2) is 12.4 Å². The number of anilines is 1. The Balaban J connectivity index is 1.54. The summed E-state index contributed by atoms with van der Waals surface area (Å²) in [6.07, 6.45) is -34.3. The van der Waals surface area contributed by atoms with Crippen LogP contribution in [0.25, 0.3) is 0 Å². The van der Waals surface area contributed by atoms with Crippen LogP contribution in [-0.4, -0.2) is 222 Å². The molecular weight excluding hydrogens is 1140 g/mol. The van der Waals surface area contributed by atoms with Gasteiger partial charge in [-0.2, -0.15) is 74.6 Å². The van der Waals surface area contributed by atoms with Gasteiger partial charge in [0.1, 0.15) is 54.8 Å². The fourth-order valence-corrected chi connectivity index (χ4v) is 7.80. The summed E-state index contributed by atoms with van der Waals surface area (Å²) < 4.78 is 245. The molecule has 0 saturated carbocycles. The average Bonchev–Trinajstić information content (AvgIpc) is 3.64. The molecule has 4 rings (SSSR count). The maximum absolute atomic E-state index is 14.7. The van der Waals surface area contributed by atoms with Crippen molar-refractivity contribution < 1.29 is 154 Å². The van der Waals surface area contributed by atoms with Crippen LogP contribution in [0.5, 0.6) is 0 Å². The molecule has 2 fully saturated rings. The highest BCUT2D eigenvalue weighted by Gasteiger charge is 2.95. The van der Waals surface area contributed by atoms with E-state index in [1.165, 1.54) is 11.4 Å². The number of hydrogen-bond donors (Lipinski definition) is 12. The second-order valence-electron chi connectivity index (χ2n) is 17.9. The van der Waals surface area contributed by atoms with E-state index in [0.29, 0.717) is 4.90 Å². The number of fused-ring (bicyclic) bond motifs is 1. The van der Waals surface area contributed by atoms with Crippen molar-refractivity contribution in [1.82, 2.24) is 20.9 Å². The number of carbonyl (C=O) groups excluding carboxylic acids is 6. The second-order valence-corrected chi connectivity index (χ2v) is 17.9. The van der Waals surface area contributed by atoms with Gasteiger partial charge in [0.05, 0.1) is 24.3 Å². The Labute approximate surface area is 430 Å². The molecule has 11 atom stereocenters. The van der Waals surface area contributed by atoms with Gasteiger partial charge >= 0.3 is 47.6 Å². The van der Waals surface area contributed by atoms with Gasteiger partial charge in [0, 0.05) is 31.6 Å². The lowest BCUT2D eigenvalue weighted by molar-refractivity contribution is -0.461. The van der Waals surface area contributed by atoms with Crippen LogP contribution in [0.15, 0.2) is 18.2 Å². The van der Waals surface area contributed by atoms with Gasteiger partial charge in [-0.3, -0.25) is 39.0 Å². The van der Waals surface area contributed by atoms with Gasteiger partial charge < -0.3 is 66.3 Å². The molecule has 450 valence electrons. The lowest BCUT2D eigenvalue weighted by Gasteiger charge is -2.42. The Hall–Kier alpha value is -5.35. The minimum Gasteiger partial charge on any atom is -0.394 e. The first-order valence-electron chi connectivity index (χ1n) is 22.5. The molecule has 38 heteroatoms. The minimum atomic E-state index is -8.90. The fraction of sp³-hybridized carbons (Fsp3) is 0.707. The highest BCUT2D eigenvalue weighted by atomic mass is 19.4. The number of alkyl halides is 17. The summed E-state index contributed by atoms with van der Waals surface area (Å²) in [5.41, 5.74) is -0.299. The Morgan fingerprint density at radius 1 is 0.722 bits per heavy atom. The van der Waals surface area contributed by atoms with E-state index in [-0.39, 0.29) is 42.6 Å². The number of aliphatic hydroxyl groups is 8. The first-order chi connectivity index (χ1) is 36.0. The van der Waals surface area contributed by atoms with Crippen molar-refractivity contribution >= 4 is 41.1 Å². The molecule has 2 unspecified atom stereocenters. The molecule has 3 heterocycles. The predicted molar refractivity (Wildman–Crippen MR) is 219 cm³/mol. The third kappa shape index (κ3) is 12.5. The summed E-state index contributed by atoms with van der Waals surface area (Å²) in [5, 5.41) is 89.1. The molecule has 21 nitrogen and oxygen atoms in total. The molecule has 0 aliphatic carbocycles. The Morgan fingerprint density at radius 3 is 1.82 bits per heavy atom. The fourth-order valence-electron chi connectivity index (χ4n) is 7.80. The number of carbonyl (C=O) groups is 6. The molecule has 3 aliphatic rings. The zero-order chi connectivity index (χ0) is 60.6. The molecule has 0 aromatic heterocycles. The monoisotopic (exact) mass is 1190 g/mol. The van der Waals surface area contributed by atoms with Gasteiger partial charge in [-0.25, -0.2) is 0 Å². The first kappa shape index (κ1) is 66.2. The van der Waals surface area contributed by atoms with Crippen LogP contribution in [-0.2, 0) is 28.7 Å². The molecule has 0 radical (unpaired) electrons. The summed E-state index contributed by atoms with van der Waals surface area (Å²) in [7, 11) is 0. The van der Waals surface area contributed by atoms with Crippen molar-refractivity contribution in [3.63, 3.8) is 0 Å². The van der Waals surface area contributed by atoms with E-state index in [9.17, 15) is 144 Å². The van der Waals surface area contributed by atoms with Gasteiger partial charge in [0.2, 0.25) is 17.7 Å². The normalized spacial score (nSPS) is 24.1. The summed E-state index contributed by atoms with van der Waals surface area (Å²) >= 11 is 0. The third-order valence-electron chi connectivity index (χ3n) is 12.5. The average molecular weight is 1190 g/mol. The number of imide groups is 2. The van der Waals surface area contributed by atoms with Crippen molar-refractivity contribution in [2.24, 2.45) is 0 Å². The van der Waals surface area contributed by atoms with Crippen molar-refractivity contribution in [2.45, 2.75) is 153 Å². The number of piperidine rings is 1. The van der Waals surface area contributed by atoms with Crippen molar-refractivity contribution in [1.29, 1.82) is 0 Å². The van der Waals surface area contributed by atoms with Crippen LogP contribution in [0.2, 0.25) is 0 Å². The van der Waals surface area contributed by atoms with E-state index in [2.05, 4.69) is 5.32 Å². The third-order valence-corrected chi connectivity index (χ3v) is 12.5. The molecule has 2 saturated heterocycles. The van der Waals surface area contributed by atoms with Gasteiger partial charge in [-0.15, -0.1) is 0 Å². The van der Waals surface area contributed by atoms with Crippen LogP contribution in [0.4, 0.5) is 80.3 Å². The molecule has 1 aromatic carbocycles. The summed E-state index contributed by atoms with van der Waals surface area (Å²) in [6.45, 7) is -4.96. The van der Waals surface area contributed by atoms with Gasteiger partial charge in [-0.05, 0) is 43.9 Å². The maximum atomic E-state index is 14.7. The number of benzene rings is 1. The number of amides is 6. The summed E-state index contributed by atoms with van der Waals surface area (Å²) in [6, 6.07) is -0.126. The number of aliphatic hydroxyl groups excluding tert-OH is 8. The zero-order valence-electron chi connectivity index (χ0n) is 39.4. The van der Waals surface area contributed by atoms with E-state index in [1.807, 2.05) is 5.32 Å². The maximum Gasteiger partial charge on any atom is 0.460 e. The van der Waals surface area contributed by atoms with E-state index in [1.54, 1.807) is 5.32 Å². The number of ether oxygens (including phenoxy) is 2. The summed E-state index contributed by atoms with van der Waals surface area (Å²) in [5.74, 6) is -66.0. The number of unbranched alkanes of at least 4 members (excludes halogenated alkanes) is 1. The lowest BCUT2D eigenvalue weighted by Crippen LogP contribution is -2.74. The van der Waals surface area contributed by atoms with Crippen molar-refractivity contribution in [3.05, 3.63) is 29.3 Å². The largest absolute Gasteiger partial charge is 0.460 e. The minimum absolute atomic E-state index is 0.0908. The topological polar surface area (TPSA) is 334 Å². The number of halogens is 17. The number of nitrogens with one attached hydrogen (secondary N) is 4. The van der Waals surface area contributed by atoms with Crippen molar-refractivity contribution in [3.8, 4) is 0 Å². The molecule has 1 aromatic rings. The number of nitrogens with zero attached hydrogens (tertiary/aromatic N) is 1. The van der Waals surface area contributed by atoms with Gasteiger partial charge in [-0.1, -0.05) is 0 Å². The molecular formula is C41H46F17N5O16. The number of hydrogen-bond acceptors (Lipinski definition) is 17. The van der Waals surface area contributed by atoms with Crippen LogP contribution in [0.1, 0.15) is 59.2 Å². The van der Waals surface area contributed by atoms with Crippen LogP contribution < -0.4 is 21.3 Å². The second kappa shape index (κ2) is 24.0. The Morgan fingerprint density at radius 2 is 1.28 bits per heavy atom. The molecule has 79 heavy (non-hydrogen) atoms. The van der Waals surface area contributed by atoms with Crippen LogP contribution in [0.3, 0.4) is 0 Å². The van der Waals surface area contributed by atoms with E-state index < -0.39 is 189 Å².